The molecule has 0 spiro atoms. The molecule has 0 bridgehead atoms. The van der Waals surface area contributed by atoms with Crippen molar-refractivity contribution in [3.8, 4) is 0 Å². The molecule has 0 saturated carbocycles. The van der Waals surface area contributed by atoms with Crippen LogP contribution in [0.25, 0.3) is 0 Å². The predicted molar refractivity (Wildman–Crippen MR) is 96.1 cm³/mol. The molecule has 2 aromatic carbocycles. The van der Waals surface area contributed by atoms with Gasteiger partial charge < -0.3 is 16.0 Å². The van der Waals surface area contributed by atoms with Crippen LogP contribution in [0, 0.1) is 6.92 Å². The number of nitrogens with one attached hydrogen (secondary N) is 1. The minimum absolute atomic E-state index is 0.379. The highest BCUT2D eigenvalue weighted by Gasteiger charge is 2.19. The number of nitrogens with two attached hydrogens (primary N) is 1. The zero-order chi connectivity index (χ0) is 18.4. The lowest BCUT2D eigenvalue weighted by Gasteiger charge is -2.17. The molecule has 6 heteroatoms. The summed E-state index contributed by atoms with van der Waals surface area (Å²) in [4.78, 5) is 36.9. The Balaban J connectivity index is 1.94. The number of amides is 3. The Morgan fingerprint density at radius 3 is 2.36 bits per heavy atom. The first-order valence-corrected chi connectivity index (χ1v) is 7.89. The average Bonchev–Trinajstić information content (AvgIpc) is 2.59. The molecule has 25 heavy (non-hydrogen) atoms. The van der Waals surface area contributed by atoms with Gasteiger partial charge >= 0.3 is 11.8 Å². The second-order valence-corrected chi connectivity index (χ2v) is 5.81. The SMILES string of the molecule is Cc1cc(NC(=O)C(=O)N(C)CCc2ccccc2)ccc1C(N)=O. The highest BCUT2D eigenvalue weighted by molar-refractivity contribution is 6.39. The van der Waals surface area contributed by atoms with E-state index < -0.39 is 17.7 Å². The van der Waals surface area contributed by atoms with Crippen molar-refractivity contribution in [2.24, 2.45) is 5.73 Å². The molecule has 0 aliphatic carbocycles. The zero-order valence-electron chi connectivity index (χ0n) is 14.3. The maximum absolute atomic E-state index is 12.2. The van der Waals surface area contributed by atoms with Gasteiger partial charge in [-0.05, 0) is 42.7 Å². The van der Waals surface area contributed by atoms with Crippen molar-refractivity contribution >= 4 is 23.4 Å². The van der Waals surface area contributed by atoms with Gasteiger partial charge in [0.05, 0.1) is 0 Å². The fourth-order valence-electron chi connectivity index (χ4n) is 2.42. The molecule has 0 aromatic heterocycles. The number of likely N-dealkylation sites (N-methyl/N-ethyl adjacent to an activating group) is 1. The molecule has 0 aliphatic rings. The van der Waals surface area contributed by atoms with Gasteiger partial charge in [-0.3, -0.25) is 14.4 Å². The van der Waals surface area contributed by atoms with Gasteiger partial charge in [-0.15, -0.1) is 0 Å². The van der Waals surface area contributed by atoms with E-state index in [4.69, 9.17) is 5.73 Å². The topological polar surface area (TPSA) is 92.5 Å². The lowest BCUT2D eigenvalue weighted by atomic mass is 10.1. The van der Waals surface area contributed by atoms with Crippen LogP contribution in [0.4, 0.5) is 5.69 Å². The van der Waals surface area contributed by atoms with Gasteiger partial charge in [0.15, 0.2) is 0 Å². The number of rotatable bonds is 5. The first-order chi connectivity index (χ1) is 11.9. The minimum atomic E-state index is -0.721. The van der Waals surface area contributed by atoms with E-state index in [0.29, 0.717) is 29.8 Å². The van der Waals surface area contributed by atoms with E-state index >= 15 is 0 Å². The van der Waals surface area contributed by atoms with Crippen molar-refractivity contribution < 1.29 is 14.4 Å². The Bertz CT molecular complexity index is 788. The van der Waals surface area contributed by atoms with Gasteiger partial charge in [-0.1, -0.05) is 30.3 Å². The maximum Gasteiger partial charge on any atom is 0.313 e. The number of carbonyl (C=O) groups excluding carboxylic acids is 3. The van der Waals surface area contributed by atoms with Crippen LogP contribution in [0.15, 0.2) is 48.5 Å². The lowest BCUT2D eigenvalue weighted by molar-refractivity contribution is -0.142. The molecule has 0 radical (unpaired) electrons. The van der Waals surface area contributed by atoms with Gasteiger partial charge in [0.1, 0.15) is 0 Å². The van der Waals surface area contributed by atoms with Crippen LogP contribution in [0.2, 0.25) is 0 Å². The van der Waals surface area contributed by atoms with Crippen molar-refractivity contribution in [3.63, 3.8) is 0 Å². The number of benzene rings is 2. The van der Waals surface area contributed by atoms with Gasteiger partial charge in [0.25, 0.3) is 0 Å². The van der Waals surface area contributed by atoms with Crippen LogP contribution in [-0.2, 0) is 16.0 Å². The standard InChI is InChI=1S/C19H21N3O3/c1-13-12-15(8-9-16(13)17(20)23)21-18(24)19(25)22(2)11-10-14-6-4-3-5-7-14/h3-9,12H,10-11H2,1-2H3,(H2,20,23)(H,21,24). The van der Waals surface area contributed by atoms with Crippen LogP contribution in [0.1, 0.15) is 21.5 Å². The largest absolute Gasteiger partial charge is 0.366 e. The third-order valence-corrected chi connectivity index (χ3v) is 3.87. The number of carbonyl (C=O) groups is 3. The second-order valence-electron chi connectivity index (χ2n) is 5.81. The quantitative estimate of drug-likeness (QED) is 0.813. The Morgan fingerprint density at radius 1 is 1.08 bits per heavy atom. The van der Waals surface area contributed by atoms with Gasteiger partial charge in [-0.25, -0.2) is 0 Å². The van der Waals surface area contributed by atoms with Crippen molar-refractivity contribution in [3.05, 3.63) is 65.2 Å². The van der Waals surface area contributed by atoms with Crippen LogP contribution in [-0.4, -0.2) is 36.2 Å². The third-order valence-electron chi connectivity index (χ3n) is 3.87. The highest BCUT2D eigenvalue weighted by atomic mass is 16.2. The molecule has 2 aromatic rings. The van der Waals surface area contributed by atoms with Gasteiger partial charge in [0, 0.05) is 24.8 Å². The van der Waals surface area contributed by atoms with Crippen LogP contribution in [0.5, 0.6) is 0 Å². The predicted octanol–water partition coefficient (Wildman–Crippen LogP) is 1.73. The highest BCUT2D eigenvalue weighted by Crippen LogP contribution is 2.15. The van der Waals surface area contributed by atoms with Gasteiger partial charge in [-0.2, -0.15) is 0 Å². The van der Waals surface area contributed by atoms with Gasteiger partial charge in [0.2, 0.25) is 5.91 Å². The van der Waals surface area contributed by atoms with E-state index in [0.717, 1.165) is 5.56 Å². The summed E-state index contributed by atoms with van der Waals surface area (Å²) in [6.07, 6.45) is 0.669. The van der Waals surface area contributed by atoms with Crippen LogP contribution in [0.3, 0.4) is 0 Å². The third kappa shape index (κ3) is 4.91. The monoisotopic (exact) mass is 339 g/mol. The molecule has 130 valence electrons. The Hall–Kier alpha value is -3.15. The summed E-state index contributed by atoms with van der Waals surface area (Å²) in [5.41, 5.74) is 7.80. The average molecular weight is 339 g/mol. The van der Waals surface area contributed by atoms with E-state index in [1.807, 2.05) is 30.3 Å². The zero-order valence-corrected chi connectivity index (χ0v) is 14.3. The molecular formula is C19H21N3O3. The number of hydrogen-bond acceptors (Lipinski definition) is 3. The molecule has 0 atom stereocenters. The van der Waals surface area contributed by atoms with Crippen LogP contribution >= 0.6 is 0 Å². The van der Waals surface area contributed by atoms with Crippen molar-refractivity contribution in [2.75, 3.05) is 18.9 Å². The summed E-state index contributed by atoms with van der Waals surface area (Å²) in [6.45, 7) is 2.15. The molecule has 0 saturated heterocycles. The summed E-state index contributed by atoms with van der Waals surface area (Å²) < 4.78 is 0. The van der Waals surface area contributed by atoms with Crippen LogP contribution < -0.4 is 11.1 Å². The first kappa shape index (κ1) is 18.2. The second kappa shape index (κ2) is 8.10. The molecule has 2 rings (SSSR count). The Morgan fingerprint density at radius 2 is 1.76 bits per heavy atom. The fourth-order valence-corrected chi connectivity index (χ4v) is 2.42. The van der Waals surface area contributed by atoms with Crippen molar-refractivity contribution in [1.82, 2.24) is 4.90 Å². The number of aryl methyl sites for hydroxylation is 1. The molecule has 3 amide bonds. The van der Waals surface area contributed by atoms with E-state index in [2.05, 4.69) is 5.32 Å². The maximum atomic E-state index is 12.2. The molecular weight excluding hydrogens is 318 g/mol. The van der Waals surface area contributed by atoms with Crippen molar-refractivity contribution in [1.29, 1.82) is 0 Å². The number of nitrogens with zero attached hydrogens (tertiary/aromatic N) is 1. The Kier molecular flexibility index (Phi) is 5.89. The number of primary amides is 1. The first-order valence-electron chi connectivity index (χ1n) is 7.89. The van der Waals surface area contributed by atoms with E-state index in [9.17, 15) is 14.4 Å². The summed E-state index contributed by atoms with van der Waals surface area (Å²) >= 11 is 0. The molecule has 0 aliphatic heterocycles. The fraction of sp³-hybridized carbons (Fsp3) is 0.211. The molecule has 0 heterocycles. The normalized spacial score (nSPS) is 10.2. The minimum Gasteiger partial charge on any atom is -0.366 e. The number of hydrogen-bond donors (Lipinski definition) is 2. The summed E-state index contributed by atoms with van der Waals surface area (Å²) in [7, 11) is 1.59. The van der Waals surface area contributed by atoms with Crippen molar-refractivity contribution in [2.45, 2.75) is 13.3 Å². The molecule has 0 unspecified atom stereocenters. The van der Waals surface area contributed by atoms with E-state index in [1.165, 1.54) is 11.0 Å². The van der Waals surface area contributed by atoms with E-state index in [-0.39, 0.29) is 0 Å². The number of anilines is 1. The molecule has 3 N–H and O–H groups in total. The lowest BCUT2D eigenvalue weighted by Crippen LogP contribution is -2.38. The Labute approximate surface area is 146 Å². The molecule has 6 nitrogen and oxygen atoms in total. The smallest absolute Gasteiger partial charge is 0.313 e. The van der Waals surface area contributed by atoms with E-state index in [1.54, 1.807) is 26.1 Å². The summed E-state index contributed by atoms with van der Waals surface area (Å²) in [6, 6.07) is 14.4. The summed E-state index contributed by atoms with van der Waals surface area (Å²) in [5.74, 6) is -1.87. The molecule has 0 fully saturated rings. The summed E-state index contributed by atoms with van der Waals surface area (Å²) in [5, 5.41) is 2.55.